The number of aliphatic carboxylic acids is 1. The summed E-state index contributed by atoms with van der Waals surface area (Å²) in [4.78, 5) is 11.4. The Morgan fingerprint density at radius 3 is 2.35 bits per heavy atom. The molecule has 3 aromatic carbocycles. The molecule has 0 bridgehead atoms. The summed E-state index contributed by atoms with van der Waals surface area (Å²) in [5, 5.41) is 9.92. The molecule has 1 aliphatic heterocycles. The van der Waals surface area contributed by atoms with Gasteiger partial charge in [-0.15, -0.1) is 0 Å². The second-order valence-electron chi connectivity index (χ2n) is 9.68. The number of halogens is 1. The van der Waals surface area contributed by atoms with E-state index in [0.717, 1.165) is 40.0 Å². The molecule has 4 atom stereocenters. The van der Waals surface area contributed by atoms with Gasteiger partial charge in [-0.05, 0) is 67.6 Å². The number of hydrogen-bond acceptors (Lipinski definition) is 4. The van der Waals surface area contributed by atoms with Gasteiger partial charge < -0.3 is 19.3 Å². The van der Waals surface area contributed by atoms with E-state index in [-0.39, 0.29) is 17.9 Å². The minimum Gasteiger partial charge on any atom is -0.497 e. The molecule has 5 nitrogen and oxygen atoms in total. The van der Waals surface area contributed by atoms with Gasteiger partial charge in [0.1, 0.15) is 11.5 Å². The number of carbonyl (C=O) groups is 1. The van der Waals surface area contributed by atoms with Crippen LogP contribution in [0, 0.1) is 19.8 Å². The second kappa shape index (κ2) is 11.4. The summed E-state index contributed by atoms with van der Waals surface area (Å²) in [5.74, 6) is 0.251. The van der Waals surface area contributed by atoms with Crippen molar-refractivity contribution in [1.29, 1.82) is 0 Å². The molecule has 0 amide bonds. The van der Waals surface area contributed by atoms with Gasteiger partial charge in [-0.3, -0.25) is 0 Å². The van der Waals surface area contributed by atoms with Crippen molar-refractivity contribution in [2.45, 2.75) is 45.3 Å². The van der Waals surface area contributed by atoms with Crippen LogP contribution in [0.15, 0.2) is 72.8 Å². The average Bonchev–Trinajstić information content (AvgIpc) is 2.90. The van der Waals surface area contributed by atoms with Crippen molar-refractivity contribution in [3.8, 4) is 11.5 Å². The van der Waals surface area contributed by atoms with Gasteiger partial charge in [0.2, 0.25) is 0 Å². The Morgan fingerprint density at radius 1 is 1.08 bits per heavy atom. The van der Waals surface area contributed by atoms with Crippen LogP contribution < -0.4 is 9.47 Å². The Kier molecular flexibility index (Phi) is 8.25. The Hall–Kier alpha value is -3.28. The van der Waals surface area contributed by atoms with Crippen LogP contribution in [0.25, 0.3) is 0 Å². The molecule has 0 aromatic heterocycles. The highest BCUT2D eigenvalue weighted by Gasteiger charge is 2.42. The first-order valence-corrected chi connectivity index (χ1v) is 12.7. The summed E-state index contributed by atoms with van der Waals surface area (Å²) in [6, 6.07) is 20.1. The summed E-state index contributed by atoms with van der Waals surface area (Å²) in [7, 11) is 1.65. The van der Waals surface area contributed by atoms with E-state index >= 15 is 0 Å². The Morgan fingerprint density at radius 2 is 1.76 bits per heavy atom. The van der Waals surface area contributed by atoms with E-state index in [2.05, 4.69) is 18.7 Å². The quantitative estimate of drug-likeness (QED) is 0.310. The molecule has 0 radical (unpaired) electrons. The third-order valence-corrected chi connectivity index (χ3v) is 7.75. The number of ether oxygens (including phenoxy) is 3. The molecular weight excluding hydrogens is 488 g/mol. The highest BCUT2D eigenvalue weighted by Crippen LogP contribution is 2.54. The van der Waals surface area contributed by atoms with Crippen LogP contribution in [-0.4, -0.2) is 24.8 Å². The normalized spacial score (nSPS) is 21.3. The summed E-state index contributed by atoms with van der Waals surface area (Å²) < 4.78 is 18.2. The van der Waals surface area contributed by atoms with E-state index < -0.39 is 18.7 Å². The predicted molar refractivity (Wildman–Crippen MR) is 146 cm³/mol. The molecule has 37 heavy (non-hydrogen) atoms. The lowest BCUT2D eigenvalue weighted by atomic mass is 9.73. The number of rotatable bonds is 8. The van der Waals surface area contributed by atoms with Crippen LogP contribution in [0.3, 0.4) is 0 Å². The lowest BCUT2D eigenvalue weighted by molar-refractivity contribution is -0.139. The van der Waals surface area contributed by atoms with Crippen molar-refractivity contribution < 1.29 is 24.1 Å². The van der Waals surface area contributed by atoms with Crippen molar-refractivity contribution in [3.63, 3.8) is 0 Å². The van der Waals surface area contributed by atoms with Crippen LogP contribution in [0.5, 0.6) is 11.5 Å². The zero-order valence-corrected chi connectivity index (χ0v) is 22.4. The molecule has 1 N–H and O–H groups in total. The van der Waals surface area contributed by atoms with E-state index in [0.29, 0.717) is 10.8 Å². The monoisotopic (exact) mass is 520 g/mol. The van der Waals surface area contributed by atoms with E-state index in [1.165, 1.54) is 5.56 Å². The lowest BCUT2D eigenvalue weighted by Crippen LogP contribution is -2.32. The Balaban J connectivity index is 1.85. The number of aryl methyl sites for hydroxylation is 1. The number of carboxylic acids is 1. The molecule has 1 saturated heterocycles. The molecule has 194 valence electrons. The number of hydrogen-bond donors (Lipinski definition) is 1. The van der Waals surface area contributed by atoms with Gasteiger partial charge >= 0.3 is 5.97 Å². The summed E-state index contributed by atoms with van der Waals surface area (Å²) in [6.07, 6.45) is 0.108. The van der Waals surface area contributed by atoms with Gasteiger partial charge in [-0.1, -0.05) is 66.2 Å². The third-order valence-electron chi connectivity index (χ3n) is 7.17. The van der Waals surface area contributed by atoms with E-state index in [4.69, 9.17) is 25.8 Å². The minimum atomic E-state index is -1.04. The SMILES string of the molecule is C=C(C)[C@H]1C[C@H](c2ccccc2)[C@H](c2ccc(OC)cc2)O[C@@H]1c1c(OCC(=O)O)cc(C)c(Cl)c1C. The maximum absolute atomic E-state index is 11.4. The molecule has 1 heterocycles. The summed E-state index contributed by atoms with van der Waals surface area (Å²) in [6.45, 7) is 9.69. The van der Waals surface area contributed by atoms with Crippen molar-refractivity contribution >= 4 is 17.6 Å². The standard InChI is InChI=1S/C31H33ClO5/c1-18(2)24-16-25(21-9-7-6-8-10-21)30(22-11-13-23(35-5)14-12-22)37-31(24)28-20(4)29(32)19(3)15-26(28)36-17-27(33)34/h6-15,24-25,30-31H,1,16-17H2,2-5H3,(H,33,34)/t24-,25-,30+,31+/m1/s1. The van der Waals surface area contributed by atoms with E-state index in [9.17, 15) is 9.90 Å². The molecule has 0 aliphatic carbocycles. The van der Waals surface area contributed by atoms with Gasteiger partial charge in [0.25, 0.3) is 0 Å². The maximum Gasteiger partial charge on any atom is 0.341 e. The fourth-order valence-corrected chi connectivity index (χ4v) is 5.42. The third kappa shape index (κ3) is 5.68. The van der Waals surface area contributed by atoms with Crippen molar-refractivity contribution in [2.75, 3.05) is 13.7 Å². The smallest absolute Gasteiger partial charge is 0.341 e. The first-order valence-electron chi connectivity index (χ1n) is 12.3. The fourth-order valence-electron chi connectivity index (χ4n) is 5.26. The van der Waals surface area contributed by atoms with Crippen molar-refractivity contribution in [1.82, 2.24) is 0 Å². The first-order chi connectivity index (χ1) is 17.7. The summed E-state index contributed by atoms with van der Waals surface area (Å²) in [5.41, 5.74) is 5.62. The topological polar surface area (TPSA) is 65.0 Å². The highest BCUT2D eigenvalue weighted by molar-refractivity contribution is 6.32. The highest BCUT2D eigenvalue weighted by atomic mass is 35.5. The van der Waals surface area contributed by atoms with Crippen LogP contribution >= 0.6 is 11.6 Å². The first kappa shape index (κ1) is 26.8. The Bertz CT molecular complexity index is 1270. The van der Waals surface area contributed by atoms with Crippen LogP contribution in [0.4, 0.5) is 0 Å². The van der Waals surface area contributed by atoms with Crippen molar-refractivity contribution in [2.24, 2.45) is 5.92 Å². The largest absolute Gasteiger partial charge is 0.497 e. The number of methoxy groups -OCH3 is 1. The summed E-state index contributed by atoms with van der Waals surface area (Å²) >= 11 is 6.71. The van der Waals surface area contributed by atoms with Crippen molar-refractivity contribution in [3.05, 3.63) is 106 Å². The second-order valence-corrected chi connectivity index (χ2v) is 10.1. The molecule has 1 fully saturated rings. The number of carboxylic acid groups (broad SMARTS) is 1. The van der Waals surface area contributed by atoms with E-state index in [1.807, 2.05) is 63.2 Å². The molecule has 0 unspecified atom stereocenters. The molecule has 4 rings (SSSR count). The Labute approximate surface area is 223 Å². The maximum atomic E-state index is 11.4. The number of benzene rings is 3. The van der Waals surface area contributed by atoms with Gasteiger partial charge in [0, 0.05) is 22.4 Å². The van der Waals surface area contributed by atoms with Crippen LogP contribution in [0.2, 0.25) is 5.02 Å². The van der Waals surface area contributed by atoms with Gasteiger partial charge in [-0.25, -0.2) is 4.79 Å². The zero-order chi connectivity index (χ0) is 26.7. The molecule has 1 aliphatic rings. The lowest BCUT2D eigenvalue weighted by Gasteiger charge is -2.44. The van der Waals surface area contributed by atoms with E-state index in [1.54, 1.807) is 13.2 Å². The van der Waals surface area contributed by atoms with Crippen LogP contribution in [0.1, 0.15) is 59.3 Å². The van der Waals surface area contributed by atoms with Crippen LogP contribution in [-0.2, 0) is 9.53 Å². The molecular formula is C31H33ClO5. The molecule has 0 spiro atoms. The molecule has 0 saturated carbocycles. The predicted octanol–water partition coefficient (Wildman–Crippen LogP) is 7.61. The zero-order valence-electron chi connectivity index (χ0n) is 21.7. The van der Waals surface area contributed by atoms with Gasteiger partial charge in [0.05, 0.1) is 19.3 Å². The average molecular weight is 521 g/mol. The fraction of sp³-hybridized carbons (Fsp3) is 0.323. The minimum absolute atomic E-state index is 0.0376. The molecule has 3 aromatic rings. The molecule has 6 heteroatoms. The van der Waals surface area contributed by atoms with Gasteiger partial charge in [0.15, 0.2) is 6.61 Å². The van der Waals surface area contributed by atoms with Gasteiger partial charge in [-0.2, -0.15) is 0 Å².